The molecular weight excluding hydrogens is 302 g/mol. The molecule has 0 bridgehead atoms. The van der Waals surface area contributed by atoms with Gasteiger partial charge in [0.25, 0.3) is 5.91 Å². The van der Waals surface area contributed by atoms with E-state index in [1.54, 1.807) is 12.1 Å². The minimum absolute atomic E-state index is 0.117. The summed E-state index contributed by atoms with van der Waals surface area (Å²) in [5, 5.41) is 3.51. The predicted octanol–water partition coefficient (Wildman–Crippen LogP) is 3.91. The fourth-order valence-corrected chi connectivity index (χ4v) is 3.37. The quantitative estimate of drug-likeness (QED) is 0.913. The Balaban J connectivity index is 2.17. The van der Waals surface area contributed by atoms with Crippen LogP contribution in [0.5, 0.6) is 11.5 Å². The molecule has 0 spiro atoms. The highest BCUT2D eigenvalue weighted by Crippen LogP contribution is 2.36. The van der Waals surface area contributed by atoms with Crippen LogP contribution in [0.1, 0.15) is 43.5 Å². The molecular formula is C17H24ClNO3. The number of hydrogen-bond acceptors (Lipinski definition) is 3. The van der Waals surface area contributed by atoms with Gasteiger partial charge in [0.2, 0.25) is 0 Å². The van der Waals surface area contributed by atoms with Crippen molar-refractivity contribution in [2.45, 2.75) is 39.2 Å². The predicted molar refractivity (Wildman–Crippen MR) is 88.0 cm³/mol. The largest absolute Gasteiger partial charge is 0.493 e. The summed E-state index contributed by atoms with van der Waals surface area (Å²) in [7, 11) is 3.05. The highest BCUT2D eigenvalue weighted by molar-refractivity contribution is 6.32. The summed E-state index contributed by atoms with van der Waals surface area (Å²) >= 11 is 6.17. The Morgan fingerprint density at radius 1 is 1.23 bits per heavy atom. The van der Waals surface area contributed by atoms with Crippen LogP contribution in [0.3, 0.4) is 0 Å². The van der Waals surface area contributed by atoms with E-state index >= 15 is 0 Å². The molecule has 1 aromatic rings. The van der Waals surface area contributed by atoms with E-state index in [4.69, 9.17) is 21.1 Å². The Kier molecular flexibility index (Phi) is 5.57. The van der Waals surface area contributed by atoms with Crippen molar-refractivity contribution in [2.24, 2.45) is 11.8 Å². The van der Waals surface area contributed by atoms with Gasteiger partial charge in [-0.3, -0.25) is 4.79 Å². The van der Waals surface area contributed by atoms with E-state index in [0.717, 1.165) is 12.8 Å². The van der Waals surface area contributed by atoms with Crippen molar-refractivity contribution in [3.8, 4) is 11.5 Å². The summed E-state index contributed by atoms with van der Waals surface area (Å²) in [6, 6.07) is 3.50. The van der Waals surface area contributed by atoms with Gasteiger partial charge < -0.3 is 14.8 Å². The molecule has 3 atom stereocenters. The average molecular weight is 326 g/mol. The number of carbonyl (C=O) groups excluding carboxylic acids is 1. The van der Waals surface area contributed by atoms with Gasteiger partial charge in [-0.15, -0.1) is 0 Å². The van der Waals surface area contributed by atoms with Crippen LogP contribution in [0.15, 0.2) is 12.1 Å². The molecule has 122 valence electrons. The third-order valence-corrected chi connectivity index (χ3v) is 5.00. The zero-order valence-electron chi connectivity index (χ0n) is 13.6. The lowest BCUT2D eigenvalue weighted by Crippen LogP contribution is -2.43. The molecule has 0 unspecified atom stereocenters. The topological polar surface area (TPSA) is 47.6 Å². The van der Waals surface area contributed by atoms with Gasteiger partial charge in [0, 0.05) is 11.6 Å². The summed E-state index contributed by atoms with van der Waals surface area (Å²) in [6.07, 6.45) is 3.41. The molecule has 1 aromatic carbocycles. The van der Waals surface area contributed by atoms with E-state index in [1.807, 2.05) is 0 Å². The second-order valence-electron chi connectivity index (χ2n) is 6.04. The van der Waals surface area contributed by atoms with Crippen molar-refractivity contribution in [3.63, 3.8) is 0 Å². The SMILES string of the molecule is COc1cc(C(=O)N[C@@H]2CCC[C@H](C)[C@@H]2C)cc(Cl)c1OC. The van der Waals surface area contributed by atoms with Gasteiger partial charge in [-0.05, 0) is 30.4 Å². The van der Waals surface area contributed by atoms with Crippen LogP contribution in [0, 0.1) is 11.8 Å². The van der Waals surface area contributed by atoms with Gasteiger partial charge in [-0.2, -0.15) is 0 Å². The van der Waals surface area contributed by atoms with Crippen LogP contribution >= 0.6 is 11.6 Å². The molecule has 22 heavy (non-hydrogen) atoms. The Morgan fingerprint density at radius 3 is 2.59 bits per heavy atom. The summed E-state index contributed by atoms with van der Waals surface area (Å²) < 4.78 is 10.4. The molecule has 0 radical (unpaired) electrons. The minimum Gasteiger partial charge on any atom is -0.493 e. The van der Waals surface area contributed by atoms with Gasteiger partial charge in [0.15, 0.2) is 11.5 Å². The second-order valence-corrected chi connectivity index (χ2v) is 6.45. The Hall–Kier alpha value is -1.42. The molecule has 0 aliphatic heterocycles. The normalized spacial score (nSPS) is 24.7. The summed E-state index contributed by atoms with van der Waals surface area (Å²) in [5.74, 6) is 1.90. The van der Waals surface area contributed by atoms with Crippen LogP contribution < -0.4 is 14.8 Å². The van der Waals surface area contributed by atoms with Crippen molar-refractivity contribution in [1.29, 1.82) is 0 Å². The first-order valence-electron chi connectivity index (χ1n) is 7.70. The average Bonchev–Trinajstić information content (AvgIpc) is 2.50. The van der Waals surface area contributed by atoms with Crippen LogP contribution in [-0.4, -0.2) is 26.2 Å². The third-order valence-electron chi connectivity index (χ3n) is 4.72. The van der Waals surface area contributed by atoms with E-state index in [9.17, 15) is 4.79 Å². The second kappa shape index (κ2) is 7.23. The maximum atomic E-state index is 12.5. The number of amides is 1. The first kappa shape index (κ1) is 16.9. The van der Waals surface area contributed by atoms with E-state index < -0.39 is 0 Å². The van der Waals surface area contributed by atoms with E-state index in [-0.39, 0.29) is 11.9 Å². The van der Waals surface area contributed by atoms with E-state index in [0.29, 0.717) is 33.9 Å². The Morgan fingerprint density at radius 2 is 1.95 bits per heavy atom. The summed E-state index contributed by atoms with van der Waals surface area (Å²) in [4.78, 5) is 12.5. The molecule has 1 fully saturated rings. The van der Waals surface area contributed by atoms with Crippen LogP contribution in [0.2, 0.25) is 5.02 Å². The lowest BCUT2D eigenvalue weighted by atomic mass is 9.78. The number of benzene rings is 1. The number of methoxy groups -OCH3 is 2. The standard InChI is InChI=1S/C17H24ClNO3/c1-10-6-5-7-14(11(10)2)19-17(20)12-8-13(18)16(22-4)15(9-12)21-3/h8-11,14H,5-7H2,1-4H3,(H,19,20)/t10-,11-,14+/m0/s1. The molecule has 0 aromatic heterocycles. The highest BCUT2D eigenvalue weighted by atomic mass is 35.5. The van der Waals surface area contributed by atoms with Crippen LogP contribution in [0.4, 0.5) is 0 Å². The van der Waals surface area contributed by atoms with Crippen LogP contribution in [0.25, 0.3) is 0 Å². The third kappa shape index (κ3) is 3.49. The Labute approximate surface area is 137 Å². The maximum Gasteiger partial charge on any atom is 0.251 e. The van der Waals surface area contributed by atoms with Gasteiger partial charge in [0.05, 0.1) is 19.2 Å². The molecule has 5 heteroatoms. The number of carbonyl (C=O) groups is 1. The molecule has 1 N–H and O–H groups in total. The van der Waals surface area contributed by atoms with Crippen molar-refractivity contribution in [2.75, 3.05) is 14.2 Å². The number of hydrogen-bond donors (Lipinski definition) is 1. The zero-order valence-corrected chi connectivity index (χ0v) is 14.4. The molecule has 2 rings (SSSR count). The number of ether oxygens (including phenoxy) is 2. The Bertz CT molecular complexity index is 547. The van der Waals surface area contributed by atoms with Gasteiger partial charge in [-0.1, -0.05) is 38.3 Å². The number of rotatable bonds is 4. The summed E-state index contributed by atoms with van der Waals surface area (Å²) in [6.45, 7) is 4.45. The molecule has 0 saturated heterocycles. The summed E-state index contributed by atoms with van der Waals surface area (Å²) in [5.41, 5.74) is 0.494. The lowest BCUT2D eigenvalue weighted by Gasteiger charge is -2.34. The van der Waals surface area contributed by atoms with Gasteiger partial charge in [-0.25, -0.2) is 0 Å². The van der Waals surface area contributed by atoms with Crippen molar-refractivity contribution < 1.29 is 14.3 Å². The molecule has 1 aliphatic carbocycles. The van der Waals surface area contributed by atoms with Crippen molar-refractivity contribution in [1.82, 2.24) is 5.32 Å². The monoisotopic (exact) mass is 325 g/mol. The fourth-order valence-electron chi connectivity index (χ4n) is 3.09. The molecule has 1 saturated carbocycles. The highest BCUT2D eigenvalue weighted by Gasteiger charge is 2.28. The zero-order chi connectivity index (χ0) is 16.3. The minimum atomic E-state index is -0.117. The molecule has 4 nitrogen and oxygen atoms in total. The van der Waals surface area contributed by atoms with E-state index in [1.165, 1.54) is 20.6 Å². The number of nitrogens with one attached hydrogen (secondary N) is 1. The van der Waals surface area contributed by atoms with Crippen molar-refractivity contribution in [3.05, 3.63) is 22.7 Å². The first-order valence-corrected chi connectivity index (χ1v) is 8.08. The maximum absolute atomic E-state index is 12.5. The van der Waals surface area contributed by atoms with Crippen LogP contribution in [-0.2, 0) is 0 Å². The molecule has 0 heterocycles. The van der Waals surface area contributed by atoms with Gasteiger partial charge in [0.1, 0.15) is 0 Å². The molecule has 1 aliphatic rings. The van der Waals surface area contributed by atoms with E-state index in [2.05, 4.69) is 19.2 Å². The molecule has 1 amide bonds. The van der Waals surface area contributed by atoms with Crippen molar-refractivity contribution >= 4 is 17.5 Å². The lowest BCUT2D eigenvalue weighted by molar-refractivity contribution is 0.0890. The number of halogens is 1. The first-order chi connectivity index (χ1) is 10.5. The van der Waals surface area contributed by atoms with Gasteiger partial charge >= 0.3 is 0 Å². The smallest absolute Gasteiger partial charge is 0.251 e. The fraction of sp³-hybridized carbons (Fsp3) is 0.588.